The van der Waals surface area contributed by atoms with Gasteiger partial charge < -0.3 is 9.88 Å². The van der Waals surface area contributed by atoms with E-state index in [-0.39, 0.29) is 5.69 Å². The number of para-hydroxylation sites is 1. The molecule has 0 bridgehead atoms. The van der Waals surface area contributed by atoms with Crippen molar-refractivity contribution >= 4 is 11.6 Å². The van der Waals surface area contributed by atoms with Crippen molar-refractivity contribution in [3.05, 3.63) is 42.2 Å². The van der Waals surface area contributed by atoms with Gasteiger partial charge in [0.05, 0.1) is 11.3 Å². The molecular formula is C14H16F3N3. The van der Waals surface area contributed by atoms with Gasteiger partial charge in [-0.1, -0.05) is 26.0 Å². The quantitative estimate of drug-likeness (QED) is 0.906. The van der Waals surface area contributed by atoms with E-state index in [1.165, 1.54) is 12.1 Å². The molecule has 0 aliphatic rings. The predicted molar refractivity (Wildman–Crippen MR) is 71.8 cm³/mol. The minimum atomic E-state index is -4.39. The van der Waals surface area contributed by atoms with Gasteiger partial charge >= 0.3 is 6.18 Å². The Morgan fingerprint density at radius 1 is 1.25 bits per heavy atom. The fraction of sp³-hybridized carbons (Fsp3) is 0.357. The van der Waals surface area contributed by atoms with Gasteiger partial charge in [-0.15, -0.1) is 0 Å². The van der Waals surface area contributed by atoms with Gasteiger partial charge in [0.1, 0.15) is 0 Å². The highest BCUT2D eigenvalue weighted by Crippen LogP contribution is 2.35. The van der Waals surface area contributed by atoms with E-state index in [0.29, 0.717) is 18.4 Å². The second-order valence-electron chi connectivity index (χ2n) is 4.97. The Labute approximate surface area is 115 Å². The van der Waals surface area contributed by atoms with Crippen LogP contribution in [0.25, 0.3) is 0 Å². The Balaban J connectivity index is 2.29. The molecule has 0 spiro atoms. The van der Waals surface area contributed by atoms with Crippen molar-refractivity contribution in [2.24, 2.45) is 5.92 Å². The molecule has 2 aromatic rings. The minimum absolute atomic E-state index is 0.0104. The first-order valence-corrected chi connectivity index (χ1v) is 6.32. The van der Waals surface area contributed by atoms with Gasteiger partial charge in [0.15, 0.2) is 0 Å². The van der Waals surface area contributed by atoms with Crippen LogP contribution in [0.5, 0.6) is 0 Å². The zero-order valence-electron chi connectivity index (χ0n) is 11.3. The molecule has 1 aromatic carbocycles. The lowest BCUT2D eigenvalue weighted by Crippen LogP contribution is -2.12. The van der Waals surface area contributed by atoms with Gasteiger partial charge in [-0.05, 0) is 18.1 Å². The number of benzene rings is 1. The lowest BCUT2D eigenvalue weighted by molar-refractivity contribution is -0.136. The van der Waals surface area contributed by atoms with E-state index >= 15 is 0 Å². The molecule has 0 unspecified atom stereocenters. The van der Waals surface area contributed by atoms with Gasteiger partial charge in [-0.3, -0.25) is 0 Å². The first-order chi connectivity index (χ1) is 9.38. The molecule has 0 radical (unpaired) electrons. The van der Waals surface area contributed by atoms with Crippen molar-refractivity contribution in [2.45, 2.75) is 26.6 Å². The third kappa shape index (κ3) is 3.31. The fourth-order valence-electron chi connectivity index (χ4n) is 1.93. The third-order valence-electron chi connectivity index (χ3n) is 2.76. The number of anilines is 2. The van der Waals surface area contributed by atoms with Gasteiger partial charge in [-0.2, -0.15) is 13.2 Å². The van der Waals surface area contributed by atoms with Crippen molar-refractivity contribution in [3.8, 4) is 0 Å². The Morgan fingerprint density at radius 2 is 1.95 bits per heavy atom. The number of alkyl halides is 3. The summed E-state index contributed by atoms with van der Waals surface area (Å²) in [5, 5.41) is 2.76. The number of imidazole rings is 1. The SMILES string of the molecule is CC(C)Cn1ccnc1Nc1ccccc1C(F)(F)F. The van der Waals surface area contributed by atoms with E-state index in [9.17, 15) is 13.2 Å². The second-order valence-corrected chi connectivity index (χ2v) is 4.97. The van der Waals surface area contributed by atoms with Crippen LogP contribution in [0.4, 0.5) is 24.8 Å². The number of aromatic nitrogens is 2. The van der Waals surface area contributed by atoms with Crippen LogP contribution in [-0.4, -0.2) is 9.55 Å². The molecule has 1 N–H and O–H groups in total. The summed E-state index contributed by atoms with van der Waals surface area (Å²) in [5.74, 6) is 0.790. The molecule has 0 saturated heterocycles. The summed E-state index contributed by atoms with van der Waals surface area (Å²) >= 11 is 0. The summed E-state index contributed by atoms with van der Waals surface area (Å²) in [6, 6.07) is 5.39. The molecule has 1 heterocycles. The van der Waals surface area contributed by atoms with Crippen molar-refractivity contribution < 1.29 is 13.2 Å². The molecule has 0 aliphatic heterocycles. The summed E-state index contributed by atoms with van der Waals surface area (Å²) in [6.07, 6.45) is -1.07. The summed E-state index contributed by atoms with van der Waals surface area (Å²) in [6.45, 7) is 4.76. The molecule has 2 rings (SSSR count). The lowest BCUT2D eigenvalue weighted by atomic mass is 10.1. The average molecular weight is 283 g/mol. The summed E-state index contributed by atoms with van der Waals surface area (Å²) in [5.41, 5.74) is -0.685. The Hall–Kier alpha value is -1.98. The van der Waals surface area contributed by atoms with E-state index in [1.807, 2.05) is 13.8 Å². The van der Waals surface area contributed by atoms with Crippen LogP contribution < -0.4 is 5.32 Å². The van der Waals surface area contributed by atoms with Crippen molar-refractivity contribution in [2.75, 3.05) is 5.32 Å². The molecule has 0 saturated carbocycles. The minimum Gasteiger partial charge on any atom is -0.325 e. The standard InChI is InChI=1S/C14H16F3N3/c1-10(2)9-20-8-7-18-13(20)19-12-6-4-3-5-11(12)14(15,16)17/h3-8,10H,9H2,1-2H3,(H,18,19). The first-order valence-electron chi connectivity index (χ1n) is 6.32. The second kappa shape index (κ2) is 5.56. The predicted octanol–water partition coefficient (Wildman–Crippen LogP) is 4.30. The smallest absolute Gasteiger partial charge is 0.325 e. The first kappa shape index (κ1) is 14.4. The van der Waals surface area contributed by atoms with E-state index in [1.54, 1.807) is 23.0 Å². The van der Waals surface area contributed by atoms with Crippen LogP contribution in [0.15, 0.2) is 36.7 Å². The highest BCUT2D eigenvalue weighted by atomic mass is 19.4. The molecule has 108 valence electrons. The molecule has 0 atom stereocenters. The van der Waals surface area contributed by atoms with Crippen molar-refractivity contribution in [1.29, 1.82) is 0 Å². The topological polar surface area (TPSA) is 29.9 Å². The number of hydrogen-bond acceptors (Lipinski definition) is 2. The van der Waals surface area contributed by atoms with Crippen LogP contribution >= 0.6 is 0 Å². The van der Waals surface area contributed by atoms with Gasteiger partial charge in [0, 0.05) is 18.9 Å². The maximum Gasteiger partial charge on any atom is 0.418 e. The number of halogens is 3. The summed E-state index contributed by atoms with van der Waals surface area (Å²) in [7, 11) is 0. The zero-order chi connectivity index (χ0) is 14.8. The summed E-state index contributed by atoms with van der Waals surface area (Å²) < 4.78 is 40.6. The average Bonchev–Trinajstić information content (AvgIpc) is 2.75. The Kier molecular flexibility index (Phi) is 4.01. The molecule has 20 heavy (non-hydrogen) atoms. The number of nitrogens with zero attached hydrogens (tertiary/aromatic N) is 2. The monoisotopic (exact) mass is 283 g/mol. The number of rotatable bonds is 4. The van der Waals surface area contributed by atoms with E-state index in [2.05, 4.69) is 10.3 Å². The van der Waals surface area contributed by atoms with Gasteiger partial charge in [0.25, 0.3) is 0 Å². The van der Waals surface area contributed by atoms with Crippen LogP contribution in [0, 0.1) is 5.92 Å². The highest BCUT2D eigenvalue weighted by Gasteiger charge is 2.33. The number of hydrogen-bond donors (Lipinski definition) is 1. The van der Waals surface area contributed by atoms with Crippen LogP contribution in [0.2, 0.25) is 0 Å². The summed E-state index contributed by atoms with van der Waals surface area (Å²) in [4.78, 5) is 4.07. The Bertz CT molecular complexity index is 573. The molecule has 0 fully saturated rings. The van der Waals surface area contributed by atoms with E-state index in [0.717, 1.165) is 6.07 Å². The zero-order valence-corrected chi connectivity index (χ0v) is 11.3. The van der Waals surface area contributed by atoms with Crippen LogP contribution in [0.1, 0.15) is 19.4 Å². The van der Waals surface area contributed by atoms with Crippen LogP contribution in [-0.2, 0) is 12.7 Å². The molecule has 0 amide bonds. The third-order valence-corrected chi connectivity index (χ3v) is 2.76. The van der Waals surface area contributed by atoms with E-state index < -0.39 is 11.7 Å². The maximum atomic E-state index is 12.9. The molecule has 1 aromatic heterocycles. The van der Waals surface area contributed by atoms with E-state index in [4.69, 9.17) is 0 Å². The normalized spacial score (nSPS) is 11.9. The fourth-order valence-corrected chi connectivity index (χ4v) is 1.93. The van der Waals surface area contributed by atoms with Gasteiger partial charge in [0.2, 0.25) is 5.95 Å². The van der Waals surface area contributed by atoms with Crippen molar-refractivity contribution in [1.82, 2.24) is 9.55 Å². The lowest BCUT2D eigenvalue weighted by Gasteiger charge is -2.15. The largest absolute Gasteiger partial charge is 0.418 e. The Morgan fingerprint density at radius 3 is 2.60 bits per heavy atom. The number of nitrogens with one attached hydrogen (secondary N) is 1. The molecule has 3 nitrogen and oxygen atoms in total. The van der Waals surface area contributed by atoms with Crippen molar-refractivity contribution in [3.63, 3.8) is 0 Å². The van der Waals surface area contributed by atoms with Gasteiger partial charge in [-0.25, -0.2) is 4.98 Å². The molecule has 6 heteroatoms. The molecular weight excluding hydrogens is 267 g/mol. The molecule has 0 aliphatic carbocycles. The highest BCUT2D eigenvalue weighted by molar-refractivity contribution is 5.59. The van der Waals surface area contributed by atoms with Crippen LogP contribution in [0.3, 0.4) is 0 Å². The maximum absolute atomic E-state index is 12.9.